The van der Waals surface area contributed by atoms with Crippen molar-refractivity contribution in [1.82, 2.24) is 8.94 Å². The predicted molar refractivity (Wildman–Crippen MR) is 108 cm³/mol. The second kappa shape index (κ2) is 6.03. The minimum absolute atomic E-state index is 0.131. The third-order valence-electron chi connectivity index (χ3n) is 4.91. The Labute approximate surface area is 157 Å². The van der Waals surface area contributed by atoms with Gasteiger partial charge in [-0.1, -0.05) is 42.5 Å². The Morgan fingerprint density at radius 2 is 1.89 bits per heavy atom. The van der Waals surface area contributed by atoms with Crippen LogP contribution in [0.15, 0.2) is 52.1 Å². The maximum atomic E-state index is 14.7. The predicted octanol–water partition coefficient (Wildman–Crippen LogP) is 4.55. The van der Waals surface area contributed by atoms with E-state index in [9.17, 15) is 14.0 Å². The van der Waals surface area contributed by atoms with Gasteiger partial charge in [-0.05, 0) is 42.1 Å². The number of pyridine rings is 1. The van der Waals surface area contributed by atoms with Crippen LogP contribution in [0.25, 0.3) is 33.3 Å². The molecule has 2 aromatic carbocycles. The summed E-state index contributed by atoms with van der Waals surface area (Å²) in [5.74, 6) is -0.472. The van der Waals surface area contributed by atoms with Crippen molar-refractivity contribution in [3.63, 3.8) is 0 Å². The van der Waals surface area contributed by atoms with Gasteiger partial charge in [0.15, 0.2) is 0 Å². The highest BCUT2D eigenvalue weighted by molar-refractivity contribution is 7.12. The first-order chi connectivity index (χ1) is 13.1. The van der Waals surface area contributed by atoms with Crippen molar-refractivity contribution in [2.45, 2.75) is 18.9 Å². The summed E-state index contributed by atoms with van der Waals surface area (Å²) in [7, 11) is 0. The van der Waals surface area contributed by atoms with Crippen LogP contribution < -0.4 is 11.0 Å². The van der Waals surface area contributed by atoms with E-state index in [1.54, 1.807) is 12.1 Å². The molecular formula is C21H15FN2O2S. The Balaban J connectivity index is 1.79. The number of hydrogen-bond donors (Lipinski definition) is 1. The molecule has 0 unspecified atom stereocenters. The van der Waals surface area contributed by atoms with E-state index in [0.29, 0.717) is 15.9 Å². The molecule has 0 saturated heterocycles. The summed E-state index contributed by atoms with van der Waals surface area (Å²) in [6.07, 6.45) is 5.55. The number of halogens is 1. The summed E-state index contributed by atoms with van der Waals surface area (Å²) in [4.78, 5) is 25.5. The van der Waals surface area contributed by atoms with E-state index in [4.69, 9.17) is 0 Å². The monoisotopic (exact) mass is 378 g/mol. The van der Waals surface area contributed by atoms with Crippen molar-refractivity contribution in [1.29, 1.82) is 0 Å². The Bertz CT molecular complexity index is 1330. The third kappa shape index (κ3) is 2.64. The fourth-order valence-electron chi connectivity index (χ4n) is 3.44. The Morgan fingerprint density at radius 3 is 2.63 bits per heavy atom. The van der Waals surface area contributed by atoms with Gasteiger partial charge in [-0.3, -0.25) is 14.0 Å². The topological polar surface area (TPSA) is 54.9 Å². The molecule has 1 saturated carbocycles. The number of aromatic amines is 1. The average Bonchev–Trinajstić information content (AvgIpc) is 3.44. The highest BCUT2D eigenvalue weighted by Crippen LogP contribution is 2.40. The lowest BCUT2D eigenvalue weighted by Gasteiger charge is -2.12. The summed E-state index contributed by atoms with van der Waals surface area (Å²) in [6.45, 7) is 0. The highest BCUT2D eigenvalue weighted by atomic mass is 32.1. The van der Waals surface area contributed by atoms with Crippen LogP contribution in [0.1, 0.15) is 30.0 Å². The lowest BCUT2D eigenvalue weighted by atomic mass is 10.1. The highest BCUT2D eigenvalue weighted by Gasteiger charge is 2.29. The maximum Gasteiger partial charge on any atom is 0.271 e. The molecule has 6 heteroatoms. The summed E-state index contributed by atoms with van der Waals surface area (Å²) >= 11 is 1.17. The second-order valence-electron chi connectivity index (χ2n) is 6.78. The van der Waals surface area contributed by atoms with E-state index >= 15 is 0 Å². The normalized spacial score (nSPS) is 14.6. The van der Waals surface area contributed by atoms with Crippen molar-refractivity contribution in [2.24, 2.45) is 0 Å². The van der Waals surface area contributed by atoms with Crippen LogP contribution in [0.3, 0.4) is 0 Å². The number of fused-ring (bicyclic) bond motifs is 2. The smallest absolute Gasteiger partial charge is 0.271 e. The molecule has 5 rings (SSSR count). The first-order valence-corrected chi connectivity index (χ1v) is 9.57. The van der Waals surface area contributed by atoms with Crippen molar-refractivity contribution in [3.05, 3.63) is 80.0 Å². The van der Waals surface area contributed by atoms with E-state index in [1.807, 2.05) is 41.0 Å². The summed E-state index contributed by atoms with van der Waals surface area (Å²) in [5.41, 5.74) is 1.26. The van der Waals surface area contributed by atoms with E-state index in [1.165, 1.54) is 17.6 Å². The minimum Gasteiger partial charge on any atom is -0.328 e. The molecule has 4 aromatic rings. The molecule has 27 heavy (non-hydrogen) atoms. The van der Waals surface area contributed by atoms with Gasteiger partial charge in [0.05, 0.1) is 5.52 Å². The molecule has 2 heterocycles. The van der Waals surface area contributed by atoms with Crippen molar-refractivity contribution in [3.8, 4) is 0 Å². The largest absolute Gasteiger partial charge is 0.328 e. The van der Waals surface area contributed by atoms with Gasteiger partial charge in [-0.2, -0.15) is 0 Å². The molecule has 4 nitrogen and oxygen atoms in total. The number of rotatable bonds is 3. The first kappa shape index (κ1) is 16.2. The van der Waals surface area contributed by atoms with E-state index in [-0.39, 0.29) is 16.8 Å². The van der Waals surface area contributed by atoms with Crippen LogP contribution in [0, 0.1) is 5.82 Å². The quantitative estimate of drug-likeness (QED) is 0.532. The molecule has 1 N–H and O–H groups in total. The molecule has 1 aliphatic carbocycles. The Hall–Kier alpha value is -2.99. The molecule has 1 aliphatic rings. The number of benzene rings is 2. The SMILES string of the molecule is O=c1[nH]sc2c1c(=O)c1cc(F)c(C=Cc3ccccc3)cc1n2C1CC1. The zero-order valence-corrected chi connectivity index (χ0v) is 15.1. The lowest BCUT2D eigenvalue weighted by Crippen LogP contribution is -2.15. The number of H-pyrrole nitrogens is 1. The standard InChI is InChI=1S/C21H15FN2O2S/c22-16-11-15-17(10-13(16)7-6-12-4-2-1-3-5-12)24(14-8-9-14)21-18(19(15)25)20(26)23-27-21/h1-7,10-11,14H,8-9H2,(H,23,26). The molecule has 1 fully saturated rings. The zero-order valence-electron chi connectivity index (χ0n) is 14.2. The van der Waals surface area contributed by atoms with Gasteiger partial charge in [0.2, 0.25) is 5.43 Å². The summed E-state index contributed by atoms with van der Waals surface area (Å²) in [6, 6.07) is 12.9. The molecule has 0 radical (unpaired) electrons. The van der Waals surface area contributed by atoms with Crippen LogP contribution in [0.2, 0.25) is 0 Å². The second-order valence-corrected chi connectivity index (χ2v) is 7.57. The number of nitrogens with one attached hydrogen (secondary N) is 1. The summed E-state index contributed by atoms with van der Waals surface area (Å²) in [5, 5.41) is 0.388. The van der Waals surface area contributed by atoms with Crippen LogP contribution in [-0.4, -0.2) is 8.94 Å². The molecule has 2 aromatic heterocycles. The van der Waals surface area contributed by atoms with Crippen LogP contribution >= 0.6 is 11.5 Å². The Morgan fingerprint density at radius 1 is 1.11 bits per heavy atom. The van der Waals surface area contributed by atoms with Gasteiger partial charge in [0.25, 0.3) is 5.56 Å². The van der Waals surface area contributed by atoms with E-state index in [2.05, 4.69) is 4.37 Å². The summed E-state index contributed by atoms with van der Waals surface area (Å²) < 4.78 is 19.4. The maximum absolute atomic E-state index is 14.7. The van der Waals surface area contributed by atoms with Crippen molar-refractivity contribution >= 4 is 44.8 Å². The lowest BCUT2D eigenvalue weighted by molar-refractivity contribution is 0.626. The number of aromatic nitrogens is 2. The molecule has 0 bridgehead atoms. The number of hydrogen-bond acceptors (Lipinski definition) is 3. The van der Waals surface area contributed by atoms with Gasteiger partial charge in [0, 0.05) is 17.0 Å². The molecule has 0 amide bonds. The van der Waals surface area contributed by atoms with Crippen LogP contribution in [0.4, 0.5) is 4.39 Å². The fraction of sp³-hybridized carbons (Fsp3) is 0.143. The van der Waals surface area contributed by atoms with Gasteiger partial charge < -0.3 is 4.57 Å². The fourth-order valence-corrected chi connectivity index (χ4v) is 4.36. The minimum atomic E-state index is -0.472. The molecular weight excluding hydrogens is 363 g/mol. The van der Waals surface area contributed by atoms with Gasteiger partial charge in [-0.25, -0.2) is 4.39 Å². The number of nitrogens with zero attached hydrogens (tertiary/aromatic N) is 1. The van der Waals surface area contributed by atoms with Crippen LogP contribution in [-0.2, 0) is 0 Å². The average molecular weight is 378 g/mol. The first-order valence-electron chi connectivity index (χ1n) is 8.75. The van der Waals surface area contributed by atoms with Gasteiger partial charge >= 0.3 is 0 Å². The Kier molecular flexibility index (Phi) is 3.62. The van der Waals surface area contributed by atoms with Gasteiger partial charge in [0.1, 0.15) is 16.0 Å². The van der Waals surface area contributed by atoms with Crippen LogP contribution in [0.5, 0.6) is 0 Å². The molecule has 0 atom stereocenters. The van der Waals surface area contributed by atoms with E-state index in [0.717, 1.165) is 18.4 Å². The van der Waals surface area contributed by atoms with Crippen molar-refractivity contribution in [2.75, 3.05) is 0 Å². The third-order valence-corrected chi connectivity index (χ3v) is 5.79. The molecule has 0 spiro atoms. The zero-order chi connectivity index (χ0) is 18.5. The molecule has 0 aliphatic heterocycles. The van der Waals surface area contributed by atoms with Crippen molar-refractivity contribution < 1.29 is 4.39 Å². The van der Waals surface area contributed by atoms with Gasteiger partial charge in [-0.15, -0.1) is 0 Å². The molecule has 134 valence electrons. The van der Waals surface area contributed by atoms with E-state index < -0.39 is 16.8 Å².